The third-order valence-electron chi connectivity index (χ3n) is 5.04. The molecule has 0 amide bonds. The lowest BCUT2D eigenvalue weighted by molar-refractivity contribution is 0.110. The van der Waals surface area contributed by atoms with Crippen molar-refractivity contribution in [2.24, 2.45) is 0 Å². The molecule has 0 bridgehead atoms. The highest BCUT2D eigenvalue weighted by atomic mass is 16.3. The van der Waals surface area contributed by atoms with E-state index in [9.17, 15) is 5.11 Å². The molecule has 0 saturated heterocycles. The fourth-order valence-electron chi connectivity index (χ4n) is 3.60. The number of fused-ring (bicyclic) bond motifs is 1. The van der Waals surface area contributed by atoms with Gasteiger partial charge in [-0.1, -0.05) is 5.92 Å². The van der Waals surface area contributed by atoms with Crippen molar-refractivity contribution in [2.75, 3.05) is 5.73 Å². The molecular formula is C21H20N6O. The molecule has 0 unspecified atom stereocenters. The third kappa shape index (κ3) is 3.53. The van der Waals surface area contributed by atoms with Crippen molar-refractivity contribution in [1.82, 2.24) is 19.5 Å². The summed E-state index contributed by atoms with van der Waals surface area (Å²) in [4.78, 5) is 12.7. The van der Waals surface area contributed by atoms with Crippen LogP contribution in [0.25, 0.3) is 16.7 Å². The highest BCUT2D eigenvalue weighted by molar-refractivity contribution is 5.85. The van der Waals surface area contributed by atoms with Crippen LogP contribution in [0.3, 0.4) is 0 Å². The minimum absolute atomic E-state index is 0.190. The van der Waals surface area contributed by atoms with Crippen LogP contribution in [0.4, 0.5) is 5.95 Å². The first kappa shape index (κ1) is 18.0. The van der Waals surface area contributed by atoms with Crippen LogP contribution in [-0.2, 0) is 6.42 Å². The second kappa shape index (κ2) is 7.30. The molecule has 7 nitrogen and oxygen atoms in total. The molecule has 3 aromatic rings. The lowest BCUT2D eigenvalue weighted by Gasteiger charge is -2.12. The van der Waals surface area contributed by atoms with Crippen molar-refractivity contribution in [3.05, 3.63) is 42.0 Å². The number of aliphatic hydroxyl groups is 1. The lowest BCUT2D eigenvalue weighted by Crippen LogP contribution is -2.20. The Kier molecular flexibility index (Phi) is 4.68. The summed E-state index contributed by atoms with van der Waals surface area (Å²) in [6.07, 6.45) is 9.77. The molecule has 1 aliphatic carbocycles. The number of nitrogens with two attached hydrogens (primary N) is 1. The quantitative estimate of drug-likeness (QED) is 0.683. The fraction of sp³-hybridized carbons (Fsp3) is 0.333. The standard InChI is InChI=1S/C21H20N6O/c22-10-3-4-15-14-27(19-6-11-24-20(23)26-19)18-12-16(25-13-17(15)18)5-9-21(28)7-1-2-8-21/h6,11-14,28H,1-4,7-8H2,(H2,23,24,26). The molecule has 3 aromatic heterocycles. The lowest BCUT2D eigenvalue weighted by atomic mass is 10.0. The zero-order valence-corrected chi connectivity index (χ0v) is 15.4. The summed E-state index contributed by atoms with van der Waals surface area (Å²) < 4.78 is 1.91. The molecule has 3 heterocycles. The van der Waals surface area contributed by atoms with Crippen LogP contribution in [0, 0.1) is 23.2 Å². The normalized spacial score (nSPS) is 15.1. The largest absolute Gasteiger partial charge is 0.378 e. The number of nitrogen functional groups attached to an aromatic ring is 1. The number of rotatable bonds is 3. The molecule has 0 radical (unpaired) electrons. The SMILES string of the molecule is N#CCCc1cn(-c2ccnc(N)n2)c2cc(C#CC3(O)CCCC3)ncc12. The Morgan fingerprint density at radius 1 is 1.29 bits per heavy atom. The van der Waals surface area contributed by atoms with Gasteiger partial charge in [-0.05, 0) is 55.7 Å². The van der Waals surface area contributed by atoms with E-state index in [-0.39, 0.29) is 5.95 Å². The number of aryl methyl sites for hydroxylation is 1. The number of pyridine rings is 1. The summed E-state index contributed by atoms with van der Waals surface area (Å²) in [6.45, 7) is 0. The highest BCUT2D eigenvalue weighted by Gasteiger charge is 2.28. The Balaban J connectivity index is 1.81. The molecule has 28 heavy (non-hydrogen) atoms. The Bertz CT molecular complexity index is 1130. The van der Waals surface area contributed by atoms with Gasteiger partial charge >= 0.3 is 0 Å². The maximum Gasteiger partial charge on any atom is 0.221 e. The van der Waals surface area contributed by atoms with Gasteiger partial charge in [0.2, 0.25) is 5.95 Å². The Morgan fingerprint density at radius 3 is 2.86 bits per heavy atom. The van der Waals surface area contributed by atoms with Gasteiger partial charge in [0, 0.05) is 30.4 Å². The van der Waals surface area contributed by atoms with E-state index in [1.54, 1.807) is 18.5 Å². The van der Waals surface area contributed by atoms with E-state index in [0.717, 1.165) is 29.3 Å². The topological polar surface area (TPSA) is 114 Å². The van der Waals surface area contributed by atoms with Crippen LogP contribution in [0.15, 0.2) is 30.7 Å². The number of nitriles is 1. The van der Waals surface area contributed by atoms with Crippen molar-refractivity contribution in [3.63, 3.8) is 0 Å². The van der Waals surface area contributed by atoms with E-state index in [1.807, 2.05) is 16.8 Å². The molecule has 1 aliphatic rings. The van der Waals surface area contributed by atoms with Gasteiger partial charge in [-0.15, -0.1) is 0 Å². The predicted molar refractivity (Wildman–Crippen MR) is 105 cm³/mol. The van der Waals surface area contributed by atoms with Crippen LogP contribution in [0.5, 0.6) is 0 Å². The molecule has 0 aliphatic heterocycles. The Labute approximate surface area is 162 Å². The predicted octanol–water partition coefficient (Wildman–Crippen LogP) is 2.51. The summed E-state index contributed by atoms with van der Waals surface area (Å²) in [5.41, 5.74) is 7.32. The molecule has 1 fully saturated rings. The third-order valence-corrected chi connectivity index (χ3v) is 5.04. The van der Waals surface area contributed by atoms with Gasteiger partial charge in [-0.3, -0.25) is 0 Å². The first-order chi connectivity index (χ1) is 13.6. The number of hydrogen-bond donors (Lipinski definition) is 2. The van der Waals surface area contributed by atoms with E-state index >= 15 is 0 Å². The van der Waals surface area contributed by atoms with E-state index < -0.39 is 5.60 Å². The average Bonchev–Trinajstić information content (AvgIpc) is 3.29. The van der Waals surface area contributed by atoms with Crippen molar-refractivity contribution >= 4 is 16.9 Å². The molecule has 7 heteroatoms. The number of aromatic nitrogens is 4. The van der Waals surface area contributed by atoms with Gasteiger partial charge in [-0.2, -0.15) is 10.2 Å². The first-order valence-electron chi connectivity index (χ1n) is 9.29. The minimum atomic E-state index is -0.905. The van der Waals surface area contributed by atoms with Crippen LogP contribution in [0.2, 0.25) is 0 Å². The maximum atomic E-state index is 10.5. The van der Waals surface area contributed by atoms with Crippen LogP contribution in [0.1, 0.15) is 43.4 Å². The van der Waals surface area contributed by atoms with Crippen LogP contribution in [-0.4, -0.2) is 30.2 Å². The van der Waals surface area contributed by atoms with Gasteiger partial charge < -0.3 is 15.4 Å². The van der Waals surface area contributed by atoms with Crippen LogP contribution >= 0.6 is 0 Å². The first-order valence-corrected chi connectivity index (χ1v) is 9.29. The molecule has 0 spiro atoms. The van der Waals surface area contributed by atoms with Gasteiger partial charge in [0.25, 0.3) is 0 Å². The van der Waals surface area contributed by atoms with Crippen molar-refractivity contribution in [3.8, 4) is 23.7 Å². The van der Waals surface area contributed by atoms with E-state index in [0.29, 0.717) is 37.2 Å². The van der Waals surface area contributed by atoms with Crippen molar-refractivity contribution < 1.29 is 5.11 Å². The van der Waals surface area contributed by atoms with Crippen molar-refractivity contribution in [2.45, 2.75) is 44.1 Å². The second-order valence-corrected chi connectivity index (χ2v) is 7.03. The second-order valence-electron chi connectivity index (χ2n) is 7.03. The highest BCUT2D eigenvalue weighted by Crippen LogP contribution is 2.29. The molecule has 3 N–H and O–H groups in total. The summed E-state index contributed by atoms with van der Waals surface area (Å²) in [7, 11) is 0. The van der Waals surface area contributed by atoms with Crippen molar-refractivity contribution in [1.29, 1.82) is 5.26 Å². The molecule has 140 valence electrons. The zero-order chi connectivity index (χ0) is 19.6. The summed E-state index contributed by atoms with van der Waals surface area (Å²) in [6, 6.07) is 5.84. The summed E-state index contributed by atoms with van der Waals surface area (Å²) in [5, 5.41) is 20.4. The maximum absolute atomic E-state index is 10.5. The molecule has 1 saturated carbocycles. The minimum Gasteiger partial charge on any atom is -0.378 e. The smallest absolute Gasteiger partial charge is 0.221 e. The molecule has 4 rings (SSSR count). The molecule has 0 aromatic carbocycles. The number of nitrogens with zero attached hydrogens (tertiary/aromatic N) is 5. The van der Waals surface area contributed by atoms with Crippen LogP contribution < -0.4 is 5.73 Å². The summed E-state index contributed by atoms with van der Waals surface area (Å²) >= 11 is 0. The molecular weight excluding hydrogens is 352 g/mol. The van der Waals surface area contributed by atoms with Gasteiger partial charge in [0.1, 0.15) is 17.1 Å². The number of anilines is 1. The average molecular weight is 372 g/mol. The Morgan fingerprint density at radius 2 is 2.11 bits per heavy atom. The van der Waals surface area contributed by atoms with Gasteiger partial charge in [0.15, 0.2) is 0 Å². The summed E-state index contributed by atoms with van der Waals surface area (Å²) in [5.74, 6) is 6.85. The zero-order valence-electron chi connectivity index (χ0n) is 15.4. The van der Waals surface area contributed by atoms with E-state index in [1.165, 1.54) is 0 Å². The van der Waals surface area contributed by atoms with E-state index in [4.69, 9.17) is 11.0 Å². The number of hydrogen-bond acceptors (Lipinski definition) is 6. The monoisotopic (exact) mass is 372 g/mol. The van der Waals surface area contributed by atoms with E-state index in [2.05, 4.69) is 32.9 Å². The molecule has 0 atom stereocenters. The van der Waals surface area contributed by atoms with Gasteiger partial charge in [0.05, 0.1) is 11.6 Å². The fourth-order valence-corrected chi connectivity index (χ4v) is 3.60. The Hall–Kier alpha value is -3.42. The van der Waals surface area contributed by atoms with Gasteiger partial charge in [-0.25, -0.2) is 9.97 Å².